The Bertz CT molecular complexity index is 867. The van der Waals surface area contributed by atoms with E-state index in [-0.39, 0.29) is 17.4 Å². The van der Waals surface area contributed by atoms with Crippen LogP contribution < -0.4 is 5.32 Å². The number of aryl methyl sites for hydroxylation is 1. The van der Waals surface area contributed by atoms with E-state index in [9.17, 15) is 14.9 Å². The third-order valence-electron chi connectivity index (χ3n) is 3.06. The number of aromatic nitrogens is 1. The van der Waals surface area contributed by atoms with E-state index in [1.165, 1.54) is 23.5 Å². The number of furan rings is 1. The van der Waals surface area contributed by atoms with E-state index >= 15 is 0 Å². The van der Waals surface area contributed by atoms with Crippen LogP contribution in [0.15, 0.2) is 46.2 Å². The molecule has 3 aromatic rings. The highest BCUT2D eigenvalue weighted by Gasteiger charge is 2.13. The van der Waals surface area contributed by atoms with Crippen LogP contribution in [0, 0.1) is 17.0 Å². The second-order valence-electron chi connectivity index (χ2n) is 4.71. The summed E-state index contributed by atoms with van der Waals surface area (Å²) in [7, 11) is 0. The summed E-state index contributed by atoms with van der Waals surface area (Å²) in [5.74, 6) is 0.498. The van der Waals surface area contributed by atoms with E-state index in [0.717, 1.165) is 5.56 Å². The van der Waals surface area contributed by atoms with Crippen molar-refractivity contribution in [1.29, 1.82) is 0 Å². The van der Waals surface area contributed by atoms with Crippen molar-refractivity contribution >= 4 is 28.1 Å². The predicted octanol–water partition coefficient (Wildman–Crippen LogP) is 3.87. The first-order chi connectivity index (χ1) is 11.0. The van der Waals surface area contributed by atoms with Gasteiger partial charge in [0.2, 0.25) is 0 Å². The van der Waals surface area contributed by atoms with Gasteiger partial charge in [0.15, 0.2) is 10.9 Å². The molecule has 0 unspecified atom stereocenters. The second kappa shape index (κ2) is 6.01. The number of nitrogens with one attached hydrogen (secondary N) is 1. The number of nitro groups is 1. The Hall–Kier alpha value is -3.00. The van der Waals surface area contributed by atoms with E-state index in [4.69, 9.17) is 4.42 Å². The molecule has 1 N–H and O–H groups in total. The van der Waals surface area contributed by atoms with E-state index in [0.29, 0.717) is 16.6 Å². The lowest BCUT2D eigenvalue weighted by atomic mass is 10.1. The number of rotatable bonds is 4. The van der Waals surface area contributed by atoms with Crippen molar-refractivity contribution in [2.75, 3.05) is 5.32 Å². The molecule has 3 rings (SSSR count). The lowest BCUT2D eigenvalue weighted by Gasteiger charge is -1.98. The fourth-order valence-corrected chi connectivity index (χ4v) is 2.65. The van der Waals surface area contributed by atoms with Crippen molar-refractivity contribution in [3.8, 4) is 11.3 Å². The first-order valence-corrected chi connectivity index (χ1v) is 7.49. The summed E-state index contributed by atoms with van der Waals surface area (Å²) >= 11 is 1.27. The first kappa shape index (κ1) is 14.9. The molecule has 2 aromatic heterocycles. The third kappa shape index (κ3) is 3.27. The number of benzene rings is 1. The largest absolute Gasteiger partial charge is 0.456 e. The summed E-state index contributed by atoms with van der Waals surface area (Å²) in [4.78, 5) is 26.5. The fraction of sp³-hybridized carbons (Fsp3) is 0.0667. The molecule has 0 saturated carbocycles. The molecule has 23 heavy (non-hydrogen) atoms. The molecule has 0 bridgehead atoms. The van der Waals surface area contributed by atoms with Crippen LogP contribution in [0.1, 0.15) is 16.3 Å². The maximum atomic E-state index is 12.0. The molecule has 0 aliphatic rings. The van der Waals surface area contributed by atoms with Gasteiger partial charge in [0.05, 0.1) is 10.6 Å². The number of non-ortho nitro benzene ring substituents is 1. The standard InChI is InChI=1S/C15H11N3O4S/c1-9-2-7-13(22-9)14(19)17-15-16-12(8-23-15)10-3-5-11(6-4-10)18(20)21/h2-8H,1H3,(H,16,17,19). The minimum Gasteiger partial charge on any atom is -0.456 e. The lowest BCUT2D eigenvalue weighted by Crippen LogP contribution is -2.10. The SMILES string of the molecule is Cc1ccc(C(=O)Nc2nc(-c3ccc([N+](=O)[O-])cc3)cs2)o1. The minimum atomic E-state index is -0.457. The summed E-state index contributed by atoms with van der Waals surface area (Å²) in [6, 6.07) is 9.37. The third-order valence-corrected chi connectivity index (χ3v) is 3.82. The topological polar surface area (TPSA) is 98.3 Å². The van der Waals surface area contributed by atoms with Crippen molar-refractivity contribution in [3.05, 3.63) is 63.4 Å². The molecule has 0 aliphatic heterocycles. The molecular weight excluding hydrogens is 318 g/mol. The van der Waals surface area contributed by atoms with Gasteiger partial charge in [-0.3, -0.25) is 20.2 Å². The molecule has 0 saturated heterocycles. The van der Waals surface area contributed by atoms with Crippen LogP contribution in [-0.4, -0.2) is 15.8 Å². The number of amides is 1. The Morgan fingerprint density at radius 2 is 2.00 bits per heavy atom. The van der Waals surface area contributed by atoms with Crippen LogP contribution >= 0.6 is 11.3 Å². The quantitative estimate of drug-likeness (QED) is 0.578. The molecule has 1 aromatic carbocycles. The van der Waals surface area contributed by atoms with Crippen molar-refractivity contribution < 1.29 is 14.1 Å². The minimum absolute atomic E-state index is 0.0192. The molecule has 0 radical (unpaired) electrons. The van der Waals surface area contributed by atoms with Gasteiger partial charge in [-0.2, -0.15) is 0 Å². The highest BCUT2D eigenvalue weighted by Crippen LogP contribution is 2.26. The molecule has 0 fully saturated rings. The molecule has 116 valence electrons. The van der Waals surface area contributed by atoms with Gasteiger partial charge < -0.3 is 4.42 Å². The number of nitrogens with zero attached hydrogens (tertiary/aromatic N) is 2. The van der Waals surface area contributed by atoms with Gasteiger partial charge in [-0.25, -0.2) is 4.98 Å². The summed E-state index contributed by atoms with van der Waals surface area (Å²) in [6.45, 7) is 1.76. The highest BCUT2D eigenvalue weighted by molar-refractivity contribution is 7.14. The molecule has 1 amide bonds. The molecule has 7 nitrogen and oxygen atoms in total. The van der Waals surface area contributed by atoms with E-state index < -0.39 is 4.92 Å². The zero-order valence-corrected chi connectivity index (χ0v) is 12.8. The van der Waals surface area contributed by atoms with Gasteiger partial charge in [0.1, 0.15) is 5.76 Å². The van der Waals surface area contributed by atoms with Crippen LogP contribution in [0.5, 0.6) is 0 Å². The molecule has 0 aliphatic carbocycles. The van der Waals surface area contributed by atoms with Gasteiger partial charge in [0.25, 0.3) is 11.6 Å². The average Bonchev–Trinajstić information content (AvgIpc) is 3.16. The number of hydrogen-bond acceptors (Lipinski definition) is 6. The van der Waals surface area contributed by atoms with Crippen LogP contribution in [0.4, 0.5) is 10.8 Å². The van der Waals surface area contributed by atoms with Gasteiger partial charge in [-0.05, 0) is 31.2 Å². The van der Waals surface area contributed by atoms with Crippen LogP contribution in [0.25, 0.3) is 11.3 Å². The van der Waals surface area contributed by atoms with Crippen molar-refractivity contribution in [2.24, 2.45) is 0 Å². The van der Waals surface area contributed by atoms with E-state index in [2.05, 4.69) is 10.3 Å². The molecule has 2 heterocycles. The van der Waals surface area contributed by atoms with Crippen LogP contribution in [0.3, 0.4) is 0 Å². The number of nitro benzene ring substituents is 1. The maximum Gasteiger partial charge on any atom is 0.293 e. The Morgan fingerprint density at radius 3 is 2.61 bits per heavy atom. The van der Waals surface area contributed by atoms with Crippen LogP contribution in [-0.2, 0) is 0 Å². The smallest absolute Gasteiger partial charge is 0.293 e. The number of anilines is 1. The summed E-state index contributed by atoms with van der Waals surface area (Å²) < 4.78 is 5.25. The Morgan fingerprint density at radius 1 is 1.26 bits per heavy atom. The molecule has 8 heteroatoms. The number of thiazole rings is 1. The number of carbonyl (C=O) groups excluding carboxylic acids is 1. The first-order valence-electron chi connectivity index (χ1n) is 6.61. The zero-order chi connectivity index (χ0) is 16.4. The van der Waals surface area contributed by atoms with Gasteiger partial charge in [-0.15, -0.1) is 11.3 Å². The van der Waals surface area contributed by atoms with Crippen molar-refractivity contribution in [3.63, 3.8) is 0 Å². The monoisotopic (exact) mass is 329 g/mol. The average molecular weight is 329 g/mol. The summed E-state index contributed by atoms with van der Waals surface area (Å²) in [6.07, 6.45) is 0. The summed E-state index contributed by atoms with van der Waals surface area (Å²) in [5, 5.41) is 15.5. The number of hydrogen-bond donors (Lipinski definition) is 1. The fourth-order valence-electron chi connectivity index (χ4n) is 1.93. The zero-order valence-electron chi connectivity index (χ0n) is 12.0. The maximum absolute atomic E-state index is 12.0. The Balaban J connectivity index is 1.75. The van der Waals surface area contributed by atoms with E-state index in [1.54, 1.807) is 36.6 Å². The highest BCUT2D eigenvalue weighted by atomic mass is 32.1. The summed E-state index contributed by atoms with van der Waals surface area (Å²) in [5.41, 5.74) is 1.39. The molecule has 0 spiro atoms. The van der Waals surface area contributed by atoms with E-state index in [1.807, 2.05) is 0 Å². The molecule has 0 atom stereocenters. The lowest BCUT2D eigenvalue weighted by molar-refractivity contribution is -0.384. The predicted molar refractivity (Wildman–Crippen MR) is 85.6 cm³/mol. The van der Waals surface area contributed by atoms with Crippen molar-refractivity contribution in [2.45, 2.75) is 6.92 Å². The van der Waals surface area contributed by atoms with Gasteiger partial charge in [-0.1, -0.05) is 0 Å². The Labute approximate surface area is 134 Å². The van der Waals surface area contributed by atoms with Crippen molar-refractivity contribution in [1.82, 2.24) is 4.98 Å². The molecular formula is C15H11N3O4S. The Kier molecular flexibility index (Phi) is 3.90. The second-order valence-corrected chi connectivity index (χ2v) is 5.56. The normalized spacial score (nSPS) is 10.5. The number of carbonyl (C=O) groups is 1. The van der Waals surface area contributed by atoms with Gasteiger partial charge in [0, 0.05) is 23.1 Å². The van der Waals surface area contributed by atoms with Crippen LogP contribution in [0.2, 0.25) is 0 Å². The van der Waals surface area contributed by atoms with Gasteiger partial charge >= 0.3 is 0 Å².